The van der Waals surface area contributed by atoms with E-state index in [1.807, 2.05) is 23.1 Å². The second-order valence-electron chi connectivity index (χ2n) is 13.5. The molecule has 4 aliphatic rings. The Bertz CT molecular complexity index is 2200. The van der Waals surface area contributed by atoms with E-state index in [0.717, 1.165) is 66.8 Å². The van der Waals surface area contributed by atoms with Crippen molar-refractivity contribution < 1.29 is 13.9 Å². The fraction of sp³-hybridized carbons (Fsp3) is 0.256. The second-order valence-corrected chi connectivity index (χ2v) is 13.5. The Labute approximate surface area is 256 Å². The highest BCUT2D eigenvalue weighted by atomic mass is 16.6. The lowest BCUT2D eigenvalue weighted by atomic mass is 9.35. The first-order valence-electron chi connectivity index (χ1n) is 16.3. The molecule has 3 atom stereocenters. The zero-order chi connectivity index (χ0) is 29.1. The van der Waals surface area contributed by atoms with Crippen molar-refractivity contribution in [3.05, 3.63) is 96.1 Å². The third-order valence-corrected chi connectivity index (χ3v) is 11.2. The van der Waals surface area contributed by atoms with E-state index < -0.39 is 0 Å². The highest BCUT2D eigenvalue weighted by Gasteiger charge is 2.44. The van der Waals surface area contributed by atoms with E-state index in [9.17, 15) is 4.79 Å². The molecule has 1 aromatic heterocycles. The van der Waals surface area contributed by atoms with Gasteiger partial charge in [-0.25, -0.2) is 9.69 Å². The Morgan fingerprint density at radius 1 is 0.795 bits per heavy atom. The lowest BCUT2D eigenvalue weighted by Gasteiger charge is -2.39. The zero-order valence-electron chi connectivity index (χ0n) is 24.8. The van der Waals surface area contributed by atoms with Crippen LogP contribution in [-0.4, -0.2) is 12.8 Å². The van der Waals surface area contributed by atoms with Crippen LogP contribution in [0.15, 0.2) is 89.3 Å². The minimum atomic E-state index is -0.320. The van der Waals surface area contributed by atoms with Crippen LogP contribution in [0.4, 0.5) is 16.2 Å². The molecule has 5 aromatic carbocycles. The molecule has 2 bridgehead atoms. The van der Waals surface area contributed by atoms with Gasteiger partial charge in [0.25, 0.3) is 6.71 Å². The van der Waals surface area contributed by atoms with Gasteiger partial charge in [-0.05, 0) is 94.5 Å². The number of furan rings is 1. The highest BCUT2D eigenvalue weighted by Crippen LogP contribution is 2.52. The summed E-state index contributed by atoms with van der Waals surface area (Å²) in [7, 11) is 0. The quantitative estimate of drug-likeness (QED) is 0.186. The topological polar surface area (TPSA) is 42.7 Å². The van der Waals surface area contributed by atoms with E-state index in [1.165, 1.54) is 55.0 Å². The molecule has 10 rings (SSSR count). The minimum Gasteiger partial charge on any atom is -0.457 e. The van der Waals surface area contributed by atoms with Crippen LogP contribution in [0.3, 0.4) is 0 Å². The Morgan fingerprint density at radius 3 is 2.59 bits per heavy atom. The number of benzene rings is 5. The number of amides is 1. The first-order chi connectivity index (χ1) is 21.7. The van der Waals surface area contributed by atoms with Crippen LogP contribution in [0.25, 0.3) is 32.7 Å². The number of ether oxygens (including phenoxy) is 1. The number of rotatable bonds is 1. The first kappa shape index (κ1) is 24.9. The van der Waals surface area contributed by atoms with Gasteiger partial charge in [-0.2, -0.15) is 0 Å². The molecular formula is C39H32BNO3. The molecule has 1 fully saturated rings. The standard InChI is InChI=1S/C39H32BNO3/c1-22-8-6-9-23-16-17-24(20-23)28-21-34-36-27(35(22)28)18-19-30-37(36)41(39(42)44-34)32-14-4-3-12-29(32)40(30)31-13-7-11-26-25-10-2-5-15-33(25)43-38(26)31/h2-5,7,10-15,18-19,21-24H,6,8-9,16-17,20H2,1H3. The number of hydrogen-bond acceptors (Lipinski definition) is 3. The van der Waals surface area contributed by atoms with Gasteiger partial charge in [-0.1, -0.05) is 86.5 Å². The summed E-state index contributed by atoms with van der Waals surface area (Å²) in [6, 6.07) is 30.0. The molecule has 0 spiro atoms. The molecule has 3 heterocycles. The predicted octanol–water partition coefficient (Wildman–Crippen LogP) is 8.39. The largest absolute Gasteiger partial charge is 0.457 e. The van der Waals surface area contributed by atoms with E-state index in [4.69, 9.17) is 9.15 Å². The number of anilines is 2. The van der Waals surface area contributed by atoms with Gasteiger partial charge in [0.2, 0.25) is 0 Å². The van der Waals surface area contributed by atoms with E-state index >= 15 is 0 Å². The van der Waals surface area contributed by atoms with Crippen molar-refractivity contribution in [1.29, 1.82) is 0 Å². The van der Waals surface area contributed by atoms with E-state index in [-0.39, 0.29) is 12.8 Å². The predicted molar refractivity (Wildman–Crippen MR) is 179 cm³/mol. The number of para-hydroxylation sites is 3. The number of nitrogens with zero attached hydrogens (tertiary/aromatic N) is 1. The number of fused-ring (bicyclic) bond motifs is 10. The number of carbonyl (C=O) groups is 1. The maximum Gasteiger partial charge on any atom is 0.424 e. The van der Waals surface area contributed by atoms with Crippen molar-refractivity contribution in [2.45, 2.75) is 57.3 Å². The SMILES string of the molecule is CC1CCCC2CCC(C2)c2cc3c4c5c(ccc4c21)B(c1cccc2c1oc1ccccc12)c1ccccc1N5C(=O)O3. The summed E-state index contributed by atoms with van der Waals surface area (Å²) in [6.07, 6.45) is 7.30. The summed E-state index contributed by atoms with van der Waals surface area (Å²) >= 11 is 0. The summed E-state index contributed by atoms with van der Waals surface area (Å²) in [5.41, 5.74) is 9.89. The molecule has 2 aliphatic carbocycles. The lowest BCUT2D eigenvalue weighted by Crippen LogP contribution is -2.59. The summed E-state index contributed by atoms with van der Waals surface area (Å²) in [5.74, 6) is 2.55. The molecule has 1 saturated carbocycles. The molecule has 5 heteroatoms. The van der Waals surface area contributed by atoms with Crippen LogP contribution >= 0.6 is 0 Å². The van der Waals surface area contributed by atoms with Gasteiger partial charge in [0.1, 0.15) is 16.9 Å². The van der Waals surface area contributed by atoms with Crippen molar-refractivity contribution in [2.75, 3.05) is 4.90 Å². The first-order valence-corrected chi connectivity index (χ1v) is 16.3. The smallest absolute Gasteiger partial charge is 0.424 e. The van der Waals surface area contributed by atoms with Gasteiger partial charge in [-0.15, -0.1) is 0 Å². The highest BCUT2D eigenvalue weighted by molar-refractivity contribution is 6.99. The average Bonchev–Trinajstić information content (AvgIpc) is 3.68. The number of hydrogen-bond donors (Lipinski definition) is 0. The summed E-state index contributed by atoms with van der Waals surface area (Å²) in [5, 5.41) is 4.58. The van der Waals surface area contributed by atoms with Crippen molar-refractivity contribution in [3.8, 4) is 5.75 Å². The van der Waals surface area contributed by atoms with Gasteiger partial charge >= 0.3 is 6.09 Å². The summed E-state index contributed by atoms with van der Waals surface area (Å²) in [4.78, 5) is 15.8. The van der Waals surface area contributed by atoms with Gasteiger partial charge < -0.3 is 9.15 Å². The molecule has 0 saturated heterocycles. The molecule has 4 nitrogen and oxygen atoms in total. The van der Waals surface area contributed by atoms with Crippen LogP contribution in [0.1, 0.15) is 68.4 Å². The third-order valence-electron chi connectivity index (χ3n) is 11.2. The van der Waals surface area contributed by atoms with Gasteiger partial charge in [0.15, 0.2) is 0 Å². The lowest BCUT2D eigenvalue weighted by molar-refractivity contribution is 0.210. The monoisotopic (exact) mass is 573 g/mol. The Balaban J connectivity index is 1.29. The molecule has 2 aliphatic heterocycles. The summed E-state index contributed by atoms with van der Waals surface area (Å²) < 4.78 is 12.9. The van der Waals surface area contributed by atoms with Crippen molar-refractivity contribution in [3.63, 3.8) is 0 Å². The van der Waals surface area contributed by atoms with Crippen LogP contribution in [-0.2, 0) is 0 Å². The Hall–Kier alpha value is -4.51. The second kappa shape index (κ2) is 9.01. The van der Waals surface area contributed by atoms with Gasteiger partial charge in [0.05, 0.1) is 5.69 Å². The number of carbonyl (C=O) groups excluding carboxylic acids is 1. The minimum absolute atomic E-state index is 0.0944. The summed E-state index contributed by atoms with van der Waals surface area (Å²) in [6.45, 7) is 2.31. The van der Waals surface area contributed by atoms with E-state index in [2.05, 4.69) is 73.7 Å². The normalized spacial score (nSPS) is 22.0. The third kappa shape index (κ3) is 3.27. The zero-order valence-corrected chi connectivity index (χ0v) is 24.8. The molecule has 0 radical (unpaired) electrons. The molecule has 214 valence electrons. The van der Waals surface area contributed by atoms with Crippen LogP contribution < -0.4 is 26.0 Å². The van der Waals surface area contributed by atoms with Crippen LogP contribution in [0.2, 0.25) is 0 Å². The van der Waals surface area contributed by atoms with Gasteiger partial charge in [-0.3, -0.25) is 0 Å². The molecular weight excluding hydrogens is 541 g/mol. The van der Waals surface area contributed by atoms with Crippen molar-refractivity contribution in [2.24, 2.45) is 5.92 Å². The maximum atomic E-state index is 14.0. The molecule has 44 heavy (non-hydrogen) atoms. The van der Waals surface area contributed by atoms with Crippen molar-refractivity contribution in [1.82, 2.24) is 0 Å². The van der Waals surface area contributed by atoms with E-state index in [0.29, 0.717) is 11.8 Å². The van der Waals surface area contributed by atoms with Gasteiger partial charge in [0, 0.05) is 21.8 Å². The van der Waals surface area contributed by atoms with Crippen LogP contribution in [0.5, 0.6) is 5.75 Å². The Morgan fingerprint density at radius 2 is 1.64 bits per heavy atom. The molecule has 1 amide bonds. The van der Waals surface area contributed by atoms with Crippen molar-refractivity contribution >= 4 is 73.3 Å². The average molecular weight is 574 g/mol. The van der Waals surface area contributed by atoms with Crippen LogP contribution in [0, 0.1) is 5.92 Å². The molecule has 0 N–H and O–H groups in total. The fourth-order valence-electron chi connectivity index (χ4n) is 9.33. The van der Waals surface area contributed by atoms with E-state index in [1.54, 1.807) is 0 Å². The molecule has 6 aromatic rings. The Kier molecular flexibility index (Phi) is 5.10. The molecule has 3 unspecified atom stereocenters. The fourth-order valence-corrected chi connectivity index (χ4v) is 9.33. The maximum absolute atomic E-state index is 14.0.